The summed E-state index contributed by atoms with van der Waals surface area (Å²) in [5.41, 5.74) is 7.32. The van der Waals surface area contributed by atoms with Crippen LogP contribution in [0.4, 0.5) is 8.78 Å². The fraction of sp³-hybridized carbons (Fsp3) is 0.600. The normalized spacial score (nSPS) is 23.0. The summed E-state index contributed by atoms with van der Waals surface area (Å²) in [7, 11) is 0. The van der Waals surface area contributed by atoms with Crippen LogP contribution < -0.4 is 10.5 Å². The van der Waals surface area contributed by atoms with Crippen molar-refractivity contribution in [2.24, 2.45) is 5.73 Å². The molecule has 0 aliphatic heterocycles. The molecule has 0 spiro atoms. The third kappa shape index (κ3) is 4.42. The monoisotopic (exact) mass is 285 g/mol. The van der Waals surface area contributed by atoms with Crippen LogP contribution >= 0.6 is 0 Å². The van der Waals surface area contributed by atoms with E-state index in [9.17, 15) is 8.78 Å². The van der Waals surface area contributed by atoms with Crippen LogP contribution in [0.3, 0.4) is 0 Å². The average Bonchev–Trinajstić information content (AvgIpc) is 2.44. The molecule has 1 aromatic rings. The van der Waals surface area contributed by atoms with Crippen LogP contribution in [0.2, 0.25) is 0 Å². The summed E-state index contributed by atoms with van der Waals surface area (Å²) in [6.45, 7) is -0.766. The Hall–Kier alpha value is -1.20. The predicted octanol–water partition coefficient (Wildman–Crippen LogP) is 3.29. The zero-order valence-electron chi connectivity index (χ0n) is 11.4. The van der Waals surface area contributed by atoms with Gasteiger partial charge in [0.15, 0.2) is 6.79 Å². The van der Waals surface area contributed by atoms with Gasteiger partial charge in [0.2, 0.25) is 0 Å². The number of ether oxygens (including phenoxy) is 2. The number of hydrogen-bond acceptors (Lipinski definition) is 3. The number of halogens is 2. The maximum atomic E-state index is 11.9. The van der Waals surface area contributed by atoms with Gasteiger partial charge in [-0.15, -0.1) is 0 Å². The summed E-state index contributed by atoms with van der Waals surface area (Å²) in [6.07, 6.45) is 2.06. The van der Waals surface area contributed by atoms with Crippen molar-refractivity contribution in [3.05, 3.63) is 29.8 Å². The minimum absolute atomic E-state index is 0.162. The molecule has 0 aromatic heterocycles. The van der Waals surface area contributed by atoms with Crippen molar-refractivity contribution in [1.29, 1.82) is 0 Å². The Morgan fingerprint density at radius 3 is 2.80 bits per heavy atom. The highest BCUT2D eigenvalue weighted by atomic mass is 19.3. The molecule has 112 valence electrons. The van der Waals surface area contributed by atoms with Gasteiger partial charge < -0.3 is 15.2 Å². The van der Waals surface area contributed by atoms with Crippen molar-refractivity contribution in [1.82, 2.24) is 0 Å². The van der Waals surface area contributed by atoms with Gasteiger partial charge in [0.25, 0.3) is 6.43 Å². The standard InChI is InChI=1S/C15H21F2NO2/c16-15(17)9-19-10-20-12-5-3-4-11(8-12)13-6-1-2-7-14(13)18/h3-5,8,13-15H,1-2,6-7,9-10,18H2/t13-,14-/m1/s1. The SMILES string of the molecule is N[C@@H]1CCCC[C@@H]1c1cccc(OCOCC(F)F)c1. The van der Waals surface area contributed by atoms with E-state index in [1.807, 2.05) is 18.2 Å². The smallest absolute Gasteiger partial charge is 0.261 e. The van der Waals surface area contributed by atoms with Crippen LogP contribution in [0.15, 0.2) is 24.3 Å². The summed E-state index contributed by atoms with van der Waals surface area (Å²) in [4.78, 5) is 0. The van der Waals surface area contributed by atoms with Gasteiger partial charge in [0.05, 0.1) is 0 Å². The van der Waals surface area contributed by atoms with Crippen LogP contribution in [0.1, 0.15) is 37.2 Å². The summed E-state index contributed by atoms with van der Waals surface area (Å²) < 4.78 is 33.9. The molecule has 1 saturated carbocycles. The molecule has 0 unspecified atom stereocenters. The van der Waals surface area contributed by atoms with Crippen LogP contribution in [0.5, 0.6) is 5.75 Å². The molecular formula is C15H21F2NO2. The minimum atomic E-state index is -2.47. The molecule has 3 nitrogen and oxygen atoms in total. The van der Waals surface area contributed by atoms with Crippen molar-refractivity contribution in [3.8, 4) is 5.75 Å². The second kappa shape index (κ2) is 7.55. The van der Waals surface area contributed by atoms with E-state index in [1.165, 1.54) is 12.8 Å². The zero-order chi connectivity index (χ0) is 14.4. The van der Waals surface area contributed by atoms with Crippen molar-refractivity contribution in [2.75, 3.05) is 13.4 Å². The molecule has 0 radical (unpaired) electrons. The van der Waals surface area contributed by atoms with E-state index >= 15 is 0 Å². The molecule has 5 heteroatoms. The Labute approximate surface area is 118 Å². The van der Waals surface area contributed by atoms with Gasteiger partial charge in [-0.1, -0.05) is 25.0 Å². The molecule has 2 N–H and O–H groups in total. The first-order valence-corrected chi connectivity index (χ1v) is 7.01. The lowest BCUT2D eigenvalue weighted by Gasteiger charge is -2.29. The largest absolute Gasteiger partial charge is 0.468 e. The Morgan fingerprint density at radius 2 is 2.05 bits per heavy atom. The summed E-state index contributed by atoms with van der Waals surface area (Å²) in [5, 5.41) is 0. The number of alkyl halides is 2. The van der Waals surface area contributed by atoms with E-state index in [-0.39, 0.29) is 12.8 Å². The van der Waals surface area contributed by atoms with Crippen LogP contribution in [0, 0.1) is 0 Å². The van der Waals surface area contributed by atoms with Crippen molar-refractivity contribution < 1.29 is 18.3 Å². The highest BCUT2D eigenvalue weighted by Crippen LogP contribution is 2.33. The molecule has 1 fully saturated rings. The Morgan fingerprint density at radius 1 is 1.25 bits per heavy atom. The maximum Gasteiger partial charge on any atom is 0.261 e. The van der Waals surface area contributed by atoms with Gasteiger partial charge in [-0.3, -0.25) is 0 Å². The van der Waals surface area contributed by atoms with Crippen molar-refractivity contribution in [2.45, 2.75) is 44.1 Å². The second-order valence-electron chi connectivity index (χ2n) is 5.15. The van der Waals surface area contributed by atoms with Crippen LogP contribution in [-0.4, -0.2) is 25.9 Å². The van der Waals surface area contributed by atoms with E-state index in [0.29, 0.717) is 11.7 Å². The van der Waals surface area contributed by atoms with E-state index in [0.717, 1.165) is 18.4 Å². The highest BCUT2D eigenvalue weighted by molar-refractivity contribution is 5.32. The molecule has 1 aliphatic rings. The molecule has 20 heavy (non-hydrogen) atoms. The Bertz CT molecular complexity index is 415. The predicted molar refractivity (Wildman–Crippen MR) is 73.1 cm³/mol. The third-order valence-corrected chi connectivity index (χ3v) is 3.66. The van der Waals surface area contributed by atoms with E-state index < -0.39 is 13.0 Å². The van der Waals surface area contributed by atoms with Crippen molar-refractivity contribution >= 4 is 0 Å². The molecular weight excluding hydrogens is 264 g/mol. The average molecular weight is 285 g/mol. The van der Waals surface area contributed by atoms with E-state index in [2.05, 4.69) is 0 Å². The van der Waals surface area contributed by atoms with E-state index in [4.69, 9.17) is 15.2 Å². The second-order valence-corrected chi connectivity index (χ2v) is 5.15. The summed E-state index contributed by atoms with van der Waals surface area (Å²) >= 11 is 0. The molecule has 0 amide bonds. The number of benzene rings is 1. The number of rotatable bonds is 6. The topological polar surface area (TPSA) is 44.5 Å². The van der Waals surface area contributed by atoms with Gasteiger partial charge in [0, 0.05) is 6.04 Å². The maximum absolute atomic E-state index is 11.9. The van der Waals surface area contributed by atoms with Gasteiger partial charge >= 0.3 is 0 Å². The lowest BCUT2D eigenvalue weighted by molar-refractivity contribution is -0.0410. The number of hydrogen-bond donors (Lipinski definition) is 1. The quantitative estimate of drug-likeness (QED) is 0.644. The molecule has 1 aliphatic carbocycles. The summed E-state index contributed by atoms with van der Waals surface area (Å²) in [6, 6.07) is 7.86. The number of nitrogens with two attached hydrogens (primary N) is 1. The Balaban J connectivity index is 1.90. The zero-order valence-corrected chi connectivity index (χ0v) is 11.4. The fourth-order valence-corrected chi connectivity index (χ4v) is 2.66. The molecule has 2 rings (SSSR count). The van der Waals surface area contributed by atoms with Gasteiger partial charge in [-0.2, -0.15) is 0 Å². The van der Waals surface area contributed by atoms with Gasteiger partial charge in [-0.05, 0) is 36.5 Å². The first-order valence-electron chi connectivity index (χ1n) is 7.01. The molecule has 1 aromatic carbocycles. The van der Waals surface area contributed by atoms with Crippen LogP contribution in [0.25, 0.3) is 0 Å². The summed E-state index contributed by atoms with van der Waals surface area (Å²) in [5.74, 6) is 0.990. The Kier molecular flexibility index (Phi) is 5.73. The van der Waals surface area contributed by atoms with Gasteiger partial charge in [0.1, 0.15) is 12.4 Å². The first kappa shape index (κ1) is 15.2. The molecule has 0 heterocycles. The lowest BCUT2D eigenvalue weighted by Crippen LogP contribution is -2.31. The van der Waals surface area contributed by atoms with Gasteiger partial charge in [-0.25, -0.2) is 8.78 Å². The third-order valence-electron chi connectivity index (χ3n) is 3.66. The molecule has 0 saturated heterocycles. The van der Waals surface area contributed by atoms with Crippen LogP contribution in [-0.2, 0) is 4.74 Å². The minimum Gasteiger partial charge on any atom is -0.468 e. The van der Waals surface area contributed by atoms with Crippen molar-refractivity contribution in [3.63, 3.8) is 0 Å². The van der Waals surface area contributed by atoms with E-state index in [1.54, 1.807) is 6.07 Å². The fourth-order valence-electron chi connectivity index (χ4n) is 2.66. The lowest BCUT2D eigenvalue weighted by atomic mass is 9.80. The molecule has 0 bridgehead atoms. The first-order chi connectivity index (χ1) is 9.66. The molecule has 2 atom stereocenters. The highest BCUT2D eigenvalue weighted by Gasteiger charge is 2.23.